The summed E-state index contributed by atoms with van der Waals surface area (Å²) in [6, 6.07) is 50.6. The Morgan fingerprint density at radius 3 is 1.55 bits per heavy atom. The summed E-state index contributed by atoms with van der Waals surface area (Å²) in [5, 5.41) is 3.09. The van der Waals surface area contributed by atoms with Crippen LogP contribution in [0, 0.1) is 0 Å². The molecule has 6 aromatic carbocycles. The minimum atomic E-state index is 0.606. The van der Waals surface area contributed by atoms with E-state index in [2.05, 4.69) is 30.3 Å². The second kappa shape index (κ2) is 11.1. The first-order valence-electron chi connectivity index (χ1n) is 15.4. The van der Waals surface area contributed by atoms with E-state index in [0.717, 1.165) is 66.4 Å². The van der Waals surface area contributed by atoms with E-state index in [0.29, 0.717) is 23.3 Å². The van der Waals surface area contributed by atoms with E-state index in [1.54, 1.807) is 0 Å². The van der Waals surface area contributed by atoms with Gasteiger partial charge in [0, 0.05) is 38.4 Å². The topological polar surface area (TPSA) is 77.6 Å². The number of fused-ring (bicyclic) bond motifs is 4. The van der Waals surface area contributed by atoms with Gasteiger partial charge in [0.1, 0.15) is 11.2 Å². The van der Waals surface area contributed by atoms with Gasteiger partial charge < -0.3 is 4.42 Å². The van der Waals surface area contributed by atoms with Gasteiger partial charge in [-0.25, -0.2) is 24.9 Å². The molecule has 0 radical (unpaired) electrons. The molecular weight excluding hydrogens is 578 g/mol. The van der Waals surface area contributed by atoms with Crippen LogP contribution in [0.5, 0.6) is 0 Å². The number of nitrogens with zero attached hydrogens (tertiary/aromatic N) is 5. The summed E-state index contributed by atoms with van der Waals surface area (Å²) in [6.45, 7) is 0. The lowest BCUT2D eigenvalue weighted by atomic mass is 10.0. The molecule has 0 bridgehead atoms. The van der Waals surface area contributed by atoms with Gasteiger partial charge in [-0.3, -0.25) is 0 Å². The second-order valence-electron chi connectivity index (χ2n) is 11.3. The lowest BCUT2D eigenvalue weighted by Gasteiger charge is -2.11. The average molecular weight is 604 g/mol. The maximum absolute atomic E-state index is 6.34. The molecule has 0 unspecified atom stereocenters. The van der Waals surface area contributed by atoms with Gasteiger partial charge in [-0.15, -0.1) is 0 Å². The Balaban J connectivity index is 1.17. The lowest BCUT2D eigenvalue weighted by Crippen LogP contribution is -2.00. The number of hydrogen-bond donors (Lipinski definition) is 0. The van der Waals surface area contributed by atoms with E-state index < -0.39 is 0 Å². The van der Waals surface area contributed by atoms with Crippen molar-refractivity contribution in [2.75, 3.05) is 0 Å². The van der Waals surface area contributed by atoms with Crippen LogP contribution in [0.2, 0.25) is 0 Å². The molecule has 0 aliphatic rings. The monoisotopic (exact) mass is 603 g/mol. The lowest BCUT2D eigenvalue weighted by molar-refractivity contribution is 0.669. The highest BCUT2D eigenvalue weighted by atomic mass is 16.3. The third-order valence-corrected chi connectivity index (χ3v) is 8.36. The summed E-state index contributed by atoms with van der Waals surface area (Å²) in [5.41, 5.74) is 7.91. The zero-order valence-electron chi connectivity index (χ0n) is 25.1. The molecule has 6 nitrogen and oxygen atoms in total. The first-order valence-corrected chi connectivity index (χ1v) is 15.4. The Labute approximate surface area is 270 Å². The van der Waals surface area contributed by atoms with Gasteiger partial charge >= 0.3 is 0 Å². The summed E-state index contributed by atoms with van der Waals surface area (Å²) in [4.78, 5) is 24.8. The molecule has 6 heteroatoms. The van der Waals surface area contributed by atoms with Gasteiger partial charge in [0.25, 0.3) is 0 Å². The molecule has 9 aromatic rings. The van der Waals surface area contributed by atoms with Gasteiger partial charge in [-0.2, -0.15) is 0 Å². The van der Waals surface area contributed by atoms with E-state index in [1.807, 2.05) is 121 Å². The van der Waals surface area contributed by atoms with Crippen molar-refractivity contribution >= 4 is 32.8 Å². The highest BCUT2D eigenvalue weighted by molar-refractivity contribution is 6.09. The predicted molar refractivity (Wildman–Crippen MR) is 187 cm³/mol. The number of furan rings is 1. The Morgan fingerprint density at radius 2 is 0.872 bits per heavy atom. The Bertz CT molecular complexity index is 2500. The molecule has 0 spiro atoms. The van der Waals surface area contributed by atoms with E-state index in [-0.39, 0.29) is 0 Å². The maximum Gasteiger partial charge on any atom is 0.164 e. The molecule has 9 rings (SSSR count). The molecule has 0 aliphatic heterocycles. The molecule has 0 aliphatic carbocycles. The van der Waals surface area contributed by atoms with Crippen molar-refractivity contribution in [3.63, 3.8) is 0 Å². The van der Waals surface area contributed by atoms with Gasteiger partial charge in [0.05, 0.1) is 16.8 Å². The van der Waals surface area contributed by atoms with Gasteiger partial charge in [0.2, 0.25) is 0 Å². The average Bonchev–Trinajstić information content (AvgIpc) is 3.54. The largest absolute Gasteiger partial charge is 0.455 e. The normalized spacial score (nSPS) is 11.4. The molecule has 3 aromatic heterocycles. The van der Waals surface area contributed by atoms with Crippen LogP contribution in [-0.4, -0.2) is 24.9 Å². The van der Waals surface area contributed by atoms with Crippen molar-refractivity contribution in [3.8, 4) is 56.8 Å². The smallest absolute Gasteiger partial charge is 0.164 e. The van der Waals surface area contributed by atoms with Crippen LogP contribution in [0.1, 0.15) is 0 Å². The number of rotatable bonds is 5. The molecular formula is C41H25N5O. The zero-order chi connectivity index (χ0) is 31.2. The summed E-state index contributed by atoms with van der Waals surface area (Å²) >= 11 is 0. The predicted octanol–water partition coefficient (Wildman–Crippen LogP) is 10.0. The van der Waals surface area contributed by atoms with E-state index >= 15 is 0 Å². The molecule has 0 amide bonds. The van der Waals surface area contributed by atoms with Crippen molar-refractivity contribution in [1.29, 1.82) is 0 Å². The number of para-hydroxylation sites is 3. The minimum Gasteiger partial charge on any atom is -0.455 e. The van der Waals surface area contributed by atoms with Gasteiger partial charge in [-0.1, -0.05) is 133 Å². The quantitative estimate of drug-likeness (QED) is 0.195. The van der Waals surface area contributed by atoms with Crippen LogP contribution in [0.4, 0.5) is 0 Å². The number of benzene rings is 6. The standard InChI is InChI=1S/C41H25N5O/c1-3-12-27(13-4-1)38-44-39(28-14-5-2-6-15-28)46-40(45-38)29-24-22-26(23-25-29)36-32-17-7-9-20-34(32)42-41(43-36)33-19-11-18-31-30-16-8-10-21-35(30)47-37(31)33/h1-25H. The van der Waals surface area contributed by atoms with Crippen molar-refractivity contribution in [2.45, 2.75) is 0 Å². The van der Waals surface area contributed by atoms with Crippen LogP contribution in [-0.2, 0) is 0 Å². The van der Waals surface area contributed by atoms with E-state index in [9.17, 15) is 0 Å². The summed E-state index contributed by atoms with van der Waals surface area (Å²) < 4.78 is 6.34. The van der Waals surface area contributed by atoms with Crippen molar-refractivity contribution in [3.05, 3.63) is 152 Å². The molecule has 0 saturated carbocycles. The van der Waals surface area contributed by atoms with Crippen LogP contribution in [0.3, 0.4) is 0 Å². The maximum atomic E-state index is 6.34. The molecule has 47 heavy (non-hydrogen) atoms. The zero-order valence-corrected chi connectivity index (χ0v) is 25.1. The Hall–Kier alpha value is -6.53. The van der Waals surface area contributed by atoms with Crippen molar-refractivity contribution < 1.29 is 4.42 Å². The molecule has 0 saturated heterocycles. The van der Waals surface area contributed by atoms with Crippen LogP contribution >= 0.6 is 0 Å². The SMILES string of the molecule is c1ccc(-c2nc(-c3ccccc3)nc(-c3ccc(-c4nc(-c5cccc6c5oc5ccccc56)nc5ccccc45)cc3)n2)cc1. The third-order valence-electron chi connectivity index (χ3n) is 8.36. The number of aromatic nitrogens is 5. The summed E-state index contributed by atoms with van der Waals surface area (Å²) in [5.74, 6) is 2.48. The minimum absolute atomic E-state index is 0.606. The molecule has 3 heterocycles. The van der Waals surface area contributed by atoms with Gasteiger partial charge in [-0.05, 0) is 18.2 Å². The Morgan fingerprint density at radius 1 is 0.340 bits per heavy atom. The fourth-order valence-electron chi connectivity index (χ4n) is 6.06. The van der Waals surface area contributed by atoms with Crippen LogP contribution in [0.15, 0.2) is 156 Å². The highest BCUT2D eigenvalue weighted by Gasteiger charge is 2.18. The van der Waals surface area contributed by atoms with Gasteiger partial charge in [0.15, 0.2) is 23.3 Å². The second-order valence-corrected chi connectivity index (χ2v) is 11.3. The van der Waals surface area contributed by atoms with Crippen molar-refractivity contribution in [2.24, 2.45) is 0 Å². The first kappa shape index (κ1) is 26.8. The van der Waals surface area contributed by atoms with Crippen LogP contribution < -0.4 is 0 Å². The van der Waals surface area contributed by atoms with E-state index in [1.165, 1.54) is 0 Å². The highest BCUT2D eigenvalue weighted by Crippen LogP contribution is 2.37. The van der Waals surface area contributed by atoms with E-state index in [4.69, 9.17) is 29.3 Å². The Kier molecular flexibility index (Phi) is 6.35. The molecule has 0 fully saturated rings. The third kappa shape index (κ3) is 4.80. The number of hydrogen-bond acceptors (Lipinski definition) is 6. The van der Waals surface area contributed by atoms with Crippen LogP contribution in [0.25, 0.3) is 89.7 Å². The molecule has 0 N–H and O–H groups in total. The summed E-state index contributed by atoms with van der Waals surface area (Å²) in [7, 11) is 0. The molecule has 0 atom stereocenters. The first-order chi connectivity index (χ1) is 23.3. The fourth-order valence-corrected chi connectivity index (χ4v) is 6.06. The summed E-state index contributed by atoms with van der Waals surface area (Å²) in [6.07, 6.45) is 0. The fraction of sp³-hybridized carbons (Fsp3) is 0. The van der Waals surface area contributed by atoms with Crippen molar-refractivity contribution in [1.82, 2.24) is 24.9 Å². The molecule has 220 valence electrons.